The summed E-state index contributed by atoms with van der Waals surface area (Å²) in [7, 11) is 0. The number of para-hydroxylation sites is 2. The molecule has 0 aliphatic heterocycles. The van der Waals surface area contributed by atoms with Crippen molar-refractivity contribution in [3.8, 4) is 11.5 Å². The second kappa shape index (κ2) is 8.71. The number of rotatable bonds is 6. The molecule has 4 heteroatoms. The lowest BCUT2D eigenvalue weighted by Crippen LogP contribution is -2.04. The van der Waals surface area contributed by atoms with Crippen LogP contribution in [-0.4, -0.2) is 0 Å². The van der Waals surface area contributed by atoms with Crippen molar-refractivity contribution in [2.45, 2.75) is 13.2 Å². The molecular formula is C20H16I2O2. The monoisotopic (exact) mass is 542 g/mol. The SMILES string of the molecule is Ic1ccccc1OCc1ccccc1COc1ccccc1I. The Bertz CT molecular complexity index is 749. The van der Waals surface area contributed by atoms with E-state index < -0.39 is 0 Å². The highest BCUT2D eigenvalue weighted by Gasteiger charge is 2.07. The number of benzene rings is 3. The van der Waals surface area contributed by atoms with Crippen molar-refractivity contribution in [1.29, 1.82) is 0 Å². The molecule has 0 saturated heterocycles. The largest absolute Gasteiger partial charge is 0.488 e. The maximum Gasteiger partial charge on any atom is 0.133 e. The van der Waals surface area contributed by atoms with Gasteiger partial charge in [-0.3, -0.25) is 0 Å². The van der Waals surface area contributed by atoms with Crippen LogP contribution in [0.2, 0.25) is 0 Å². The highest BCUT2D eigenvalue weighted by Crippen LogP contribution is 2.24. The van der Waals surface area contributed by atoms with E-state index in [1.807, 2.05) is 60.7 Å². The third-order valence-electron chi connectivity index (χ3n) is 3.56. The van der Waals surface area contributed by atoms with Gasteiger partial charge in [0.1, 0.15) is 24.7 Å². The van der Waals surface area contributed by atoms with Crippen LogP contribution < -0.4 is 9.47 Å². The Morgan fingerprint density at radius 3 is 1.33 bits per heavy atom. The average molecular weight is 542 g/mol. The molecule has 0 heterocycles. The average Bonchev–Trinajstić information content (AvgIpc) is 2.61. The van der Waals surface area contributed by atoms with Crippen LogP contribution in [0.25, 0.3) is 0 Å². The van der Waals surface area contributed by atoms with Gasteiger partial charge in [0.15, 0.2) is 0 Å². The van der Waals surface area contributed by atoms with Crippen LogP contribution in [0.3, 0.4) is 0 Å². The van der Waals surface area contributed by atoms with E-state index in [-0.39, 0.29) is 0 Å². The Balaban J connectivity index is 1.69. The molecule has 2 nitrogen and oxygen atoms in total. The fourth-order valence-corrected chi connectivity index (χ4v) is 3.36. The van der Waals surface area contributed by atoms with Gasteiger partial charge in [-0.1, -0.05) is 48.5 Å². The van der Waals surface area contributed by atoms with Gasteiger partial charge in [-0.25, -0.2) is 0 Å². The number of hydrogen-bond acceptors (Lipinski definition) is 2. The molecule has 0 bridgehead atoms. The van der Waals surface area contributed by atoms with E-state index in [0.29, 0.717) is 13.2 Å². The summed E-state index contributed by atoms with van der Waals surface area (Å²) < 4.78 is 14.2. The summed E-state index contributed by atoms with van der Waals surface area (Å²) in [6.07, 6.45) is 0. The van der Waals surface area contributed by atoms with Crippen LogP contribution in [0, 0.1) is 7.14 Å². The molecule has 122 valence electrons. The van der Waals surface area contributed by atoms with Crippen molar-refractivity contribution in [1.82, 2.24) is 0 Å². The zero-order valence-corrected chi connectivity index (χ0v) is 17.2. The van der Waals surface area contributed by atoms with Crippen LogP contribution in [0.5, 0.6) is 11.5 Å². The highest BCUT2D eigenvalue weighted by atomic mass is 127. The highest BCUT2D eigenvalue weighted by molar-refractivity contribution is 14.1. The Labute approximate surface area is 169 Å². The number of halogens is 2. The predicted molar refractivity (Wildman–Crippen MR) is 113 cm³/mol. The summed E-state index contributed by atoms with van der Waals surface area (Å²) in [6.45, 7) is 1.07. The minimum absolute atomic E-state index is 0.533. The number of hydrogen-bond donors (Lipinski definition) is 0. The molecule has 3 aromatic rings. The van der Waals surface area contributed by atoms with Gasteiger partial charge in [-0.15, -0.1) is 0 Å². The van der Waals surface area contributed by atoms with E-state index in [1.54, 1.807) is 0 Å². The molecule has 0 unspecified atom stereocenters. The molecule has 0 atom stereocenters. The molecule has 0 fully saturated rings. The summed E-state index contributed by atoms with van der Waals surface area (Å²) in [5.74, 6) is 1.82. The van der Waals surface area contributed by atoms with Gasteiger partial charge < -0.3 is 9.47 Å². The zero-order chi connectivity index (χ0) is 16.8. The van der Waals surface area contributed by atoms with Gasteiger partial charge in [-0.2, -0.15) is 0 Å². The van der Waals surface area contributed by atoms with Crippen molar-refractivity contribution < 1.29 is 9.47 Å². The second-order valence-corrected chi connectivity index (χ2v) is 7.53. The summed E-state index contributed by atoms with van der Waals surface area (Å²) in [6, 6.07) is 24.3. The minimum Gasteiger partial charge on any atom is -0.488 e. The number of ether oxygens (including phenoxy) is 2. The van der Waals surface area contributed by atoms with E-state index in [2.05, 4.69) is 57.3 Å². The molecule has 3 rings (SSSR count). The van der Waals surface area contributed by atoms with Crippen molar-refractivity contribution in [3.63, 3.8) is 0 Å². The summed E-state index contributed by atoms with van der Waals surface area (Å²) >= 11 is 4.58. The quantitative estimate of drug-likeness (QED) is 0.353. The first kappa shape index (κ1) is 17.5. The lowest BCUT2D eigenvalue weighted by molar-refractivity contribution is 0.283. The van der Waals surface area contributed by atoms with E-state index in [4.69, 9.17) is 9.47 Å². The molecule has 3 aromatic carbocycles. The van der Waals surface area contributed by atoms with E-state index in [0.717, 1.165) is 29.8 Å². The zero-order valence-electron chi connectivity index (χ0n) is 12.9. The molecule has 0 radical (unpaired) electrons. The van der Waals surface area contributed by atoms with Crippen LogP contribution in [-0.2, 0) is 13.2 Å². The van der Waals surface area contributed by atoms with Crippen molar-refractivity contribution in [3.05, 3.63) is 91.1 Å². The van der Waals surface area contributed by atoms with Crippen LogP contribution >= 0.6 is 45.2 Å². The molecule has 0 saturated carbocycles. The second-order valence-electron chi connectivity index (χ2n) is 5.21. The van der Waals surface area contributed by atoms with Gasteiger partial charge >= 0.3 is 0 Å². The van der Waals surface area contributed by atoms with Gasteiger partial charge in [0.2, 0.25) is 0 Å². The van der Waals surface area contributed by atoms with Crippen LogP contribution in [0.15, 0.2) is 72.8 Å². The molecule has 0 aliphatic carbocycles. The van der Waals surface area contributed by atoms with Gasteiger partial charge in [0.05, 0.1) is 7.14 Å². The van der Waals surface area contributed by atoms with Crippen LogP contribution in [0.4, 0.5) is 0 Å². The van der Waals surface area contributed by atoms with Gasteiger partial charge in [-0.05, 0) is 80.6 Å². The maximum atomic E-state index is 5.97. The summed E-state index contributed by atoms with van der Waals surface area (Å²) in [4.78, 5) is 0. The fraction of sp³-hybridized carbons (Fsp3) is 0.100. The first-order valence-corrected chi connectivity index (χ1v) is 9.71. The fourth-order valence-electron chi connectivity index (χ4n) is 2.27. The van der Waals surface area contributed by atoms with Gasteiger partial charge in [0.25, 0.3) is 0 Å². The lowest BCUT2D eigenvalue weighted by atomic mass is 10.1. The normalized spacial score (nSPS) is 10.4. The Morgan fingerprint density at radius 2 is 0.917 bits per heavy atom. The first-order chi connectivity index (χ1) is 11.7. The van der Waals surface area contributed by atoms with E-state index in [9.17, 15) is 0 Å². The van der Waals surface area contributed by atoms with E-state index in [1.165, 1.54) is 0 Å². The minimum atomic E-state index is 0.533. The smallest absolute Gasteiger partial charge is 0.133 e. The predicted octanol–water partition coefficient (Wildman–Crippen LogP) is 6.05. The van der Waals surface area contributed by atoms with Crippen molar-refractivity contribution in [2.75, 3.05) is 0 Å². The molecule has 0 aromatic heterocycles. The molecule has 24 heavy (non-hydrogen) atoms. The molecule has 0 spiro atoms. The van der Waals surface area contributed by atoms with Crippen LogP contribution in [0.1, 0.15) is 11.1 Å². The molecule has 0 aliphatic rings. The Kier molecular flexibility index (Phi) is 6.37. The standard InChI is InChI=1S/C20H16I2O2/c21-17-9-3-5-11-19(17)23-13-15-7-1-2-8-16(15)14-24-20-12-6-4-10-18(20)22/h1-12H,13-14H2. The van der Waals surface area contributed by atoms with Gasteiger partial charge in [0, 0.05) is 0 Å². The Hall–Kier alpha value is -1.28. The third-order valence-corrected chi connectivity index (χ3v) is 5.34. The topological polar surface area (TPSA) is 18.5 Å². The summed E-state index contributed by atoms with van der Waals surface area (Å²) in [5.41, 5.74) is 2.28. The third kappa shape index (κ3) is 4.63. The van der Waals surface area contributed by atoms with Crippen molar-refractivity contribution in [2.24, 2.45) is 0 Å². The maximum absolute atomic E-state index is 5.97. The molecule has 0 amide bonds. The van der Waals surface area contributed by atoms with E-state index >= 15 is 0 Å². The molecular weight excluding hydrogens is 526 g/mol. The first-order valence-electron chi connectivity index (χ1n) is 7.55. The van der Waals surface area contributed by atoms with Crippen molar-refractivity contribution >= 4 is 45.2 Å². The lowest BCUT2D eigenvalue weighted by Gasteiger charge is -2.13. The Morgan fingerprint density at radius 1 is 0.542 bits per heavy atom. The summed E-state index contributed by atoms with van der Waals surface area (Å²) in [5, 5.41) is 0. The molecule has 0 N–H and O–H groups in total.